The first-order valence-corrected chi connectivity index (χ1v) is 14.4. The quantitative estimate of drug-likeness (QED) is 0.369. The number of nitrogens with zero attached hydrogens (tertiary/aromatic N) is 6. The number of hydrogen-bond donors (Lipinski definition) is 2. The molecule has 3 fully saturated rings. The van der Waals surface area contributed by atoms with Crippen LogP contribution in [0.15, 0.2) is 59.5 Å². The zero-order chi connectivity index (χ0) is 29.7. The summed E-state index contributed by atoms with van der Waals surface area (Å²) in [6.07, 6.45) is 3.30. The molecular formula is C32H30FN7O3. The molecule has 1 amide bonds. The molecule has 2 aromatic heterocycles. The first-order valence-electron chi connectivity index (χ1n) is 14.4. The van der Waals surface area contributed by atoms with Crippen LogP contribution in [0, 0.1) is 22.6 Å². The van der Waals surface area contributed by atoms with Gasteiger partial charge in [0.25, 0.3) is 11.5 Å². The van der Waals surface area contributed by atoms with E-state index in [2.05, 4.69) is 26.2 Å². The standard InChI is InChI=1S/C32H30FN7O3/c33-27-5-1-20(11-26(27)31(43)39-9-7-38(8-10-39)29-6-2-21(16-34)17-35-29)12-28-25-13-22(3-4-24(25)30(42)37-36-28)40-18-32(19-40)14-23(41)15-32/h1-6,11,13,17,23,41H,7-10,12,14-15,18-19H2,(H,37,42). The van der Waals surface area contributed by atoms with Crippen LogP contribution in [0.3, 0.4) is 0 Å². The molecule has 218 valence electrons. The highest BCUT2D eigenvalue weighted by Crippen LogP contribution is 2.49. The fourth-order valence-electron chi connectivity index (χ4n) is 6.67. The Morgan fingerprint density at radius 2 is 1.84 bits per heavy atom. The van der Waals surface area contributed by atoms with Gasteiger partial charge in [-0.05, 0) is 60.9 Å². The maximum Gasteiger partial charge on any atom is 0.272 e. The number of fused-ring (bicyclic) bond motifs is 1. The second-order valence-corrected chi connectivity index (χ2v) is 11.9. The van der Waals surface area contributed by atoms with E-state index in [4.69, 9.17) is 5.26 Å². The normalized spacial score (nSPS) is 17.9. The van der Waals surface area contributed by atoms with Gasteiger partial charge in [-0.2, -0.15) is 10.4 Å². The molecule has 0 atom stereocenters. The van der Waals surface area contributed by atoms with E-state index in [0.29, 0.717) is 54.8 Å². The maximum absolute atomic E-state index is 15.0. The summed E-state index contributed by atoms with van der Waals surface area (Å²) in [4.78, 5) is 36.2. The summed E-state index contributed by atoms with van der Waals surface area (Å²) < 4.78 is 15.0. The van der Waals surface area contributed by atoms with Crippen molar-refractivity contribution in [3.8, 4) is 6.07 Å². The van der Waals surface area contributed by atoms with Gasteiger partial charge in [-0.3, -0.25) is 9.59 Å². The summed E-state index contributed by atoms with van der Waals surface area (Å²) in [7, 11) is 0. The monoisotopic (exact) mass is 579 g/mol. The van der Waals surface area contributed by atoms with Crippen LogP contribution in [0.4, 0.5) is 15.9 Å². The third kappa shape index (κ3) is 4.97. The molecule has 10 nitrogen and oxygen atoms in total. The highest BCUT2D eigenvalue weighted by molar-refractivity contribution is 5.95. The Balaban J connectivity index is 1.08. The Bertz CT molecular complexity index is 1810. The number of H-pyrrole nitrogens is 1. The Kier molecular flexibility index (Phi) is 6.58. The van der Waals surface area contributed by atoms with Gasteiger partial charge in [0.2, 0.25) is 0 Å². The van der Waals surface area contributed by atoms with E-state index in [9.17, 15) is 19.1 Å². The minimum absolute atomic E-state index is 0.00503. The molecule has 2 aromatic carbocycles. The number of aromatic amines is 1. The number of amides is 1. The van der Waals surface area contributed by atoms with Crippen molar-refractivity contribution in [2.45, 2.75) is 25.4 Å². The van der Waals surface area contributed by atoms with Crippen molar-refractivity contribution < 1.29 is 14.3 Å². The fourth-order valence-corrected chi connectivity index (χ4v) is 6.67. The molecule has 4 heterocycles. The van der Waals surface area contributed by atoms with E-state index >= 15 is 0 Å². The summed E-state index contributed by atoms with van der Waals surface area (Å²) in [5.41, 5.74) is 2.76. The largest absolute Gasteiger partial charge is 0.393 e. The molecule has 7 rings (SSSR count). The molecule has 3 aliphatic rings. The van der Waals surface area contributed by atoms with E-state index in [0.717, 1.165) is 42.8 Å². The first-order chi connectivity index (χ1) is 20.8. The molecular weight excluding hydrogens is 549 g/mol. The van der Waals surface area contributed by atoms with Crippen molar-refractivity contribution in [2.75, 3.05) is 49.1 Å². The molecule has 1 aliphatic carbocycles. The fraction of sp³-hybridized carbons (Fsp3) is 0.344. The van der Waals surface area contributed by atoms with E-state index < -0.39 is 5.82 Å². The molecule has 0 bridgehead atoms. The van der Waals surface area contributed by atoms with Crippen LogP contribution in [0.2, 0.25) is 0 Å². The summed E-state index contributed by atoms with van der Waals surface area (Å²) in [6, 6.07) is 15.8. The van der Waals surface area contributed by atoms with Crippen molar-refractivity contribution in [3.63, 3.8) is 0 Å². The number of aromatic nitrogens is 3. The zero-order valence-electron chi connectivity index (χ0n) is 23.5. The van der Waals surface area contributed by atoms with Gasteiger partial charge in [0, 0.05) is 68.4 Å². The van der Waals surface area contributed by atoms with E-state index in [1.54, 1.807) is 29.2 Å². The number of pyridine rings is 1. The number of hydrogen-bond acceptors (Lipinski definition) is 8. The molecule has 2 aliphatic heterocycles. The lowest BCUT2D eigenvalue weighted by Crippen LogP contribution is -2.63. The number of benzene rings is 2. The lowest BCUT2D eigenvalue weighted by atomic mass is 9.62. The Morgan fingerprint density at radius 3 is 2.53 bits per heavy atom. The van der Waals surface area contributed by atoms with Gasteiger partial charge >= 0.3 is 0 Å². The maximum atomic E-state index is 15.0. The number of aliphatic hydroxyl groups is 1. The molecule has 11 heteroatoms. The molecule has 43 heavy (non-hydrogen) atoms. The summed E-state index contributed by atoms with van der Waals surface area (Å²) in [6.45, 7) is 3.67. The number of carbonyl (C=O) groups is 1. The number of anilines is 2. The number of piperazine rings is 1. The SMILES string of the molecule is N#Cc1ccc(N2CCN(C(=O)c3cc(Cc4n[nH]c(=O)c5ccc(N6CC7(CC(O)C7)C6)cc45)ccc3F)CC2)nc1. The second-order valence-electron chi connectivity index (χ2n) is 11.9. The van der Waals surface area contributed by atoms with E-state index in [-0.39, 0.29) is 28.5 Å². The van der Waals surface area contributed by atoms with Crippen LogP contribution in [0.25, 0.3) is 10.8 Å². The molecule has 2 saturated heterocycles. The third-order valence-electron chi connectivity index (χ3n) is 9.01. The van der Waals surface area contributed by atoms with Gasteiger partial charge in [0.1, 0.15) is 17.7 Å². The van der Waals surface area contributed by atoms with E-state index in [1.807, 2.05) is 23.1 Å². The molecule has 2 N–H and O–H groups in total. The minimum Gasteiger partial charge on any atom is -0.393 e. The van der Waals surface area contributed by atoms with Gasteiger partial charge in [0.15, 0.2) is 0 Å². The predicted molar refractivity (Wildman–Crippen MR) is 159 cm³/mol. The number of carbonyl (C=O) groups excluding carboxylic acids is 1. The molecule has 1 saturated carbocycles. The smallest absolute Gasteiger partial charge is 0.272 e. The minimum atomic E-state index is -0.584. The van der Waals surface area contributed by atoms with Crippen LogP contribution in [-0.4, -0.2) is 76.5 Å². The van der Waals surface area contributed by atoms with Crippen LogP contribution in [0.5, 0.6) is 0 Å². The molecule has 4 aromatic rings. The number of nitriles is 1. The number of halogens is 1. The summed E-state index contributed by atoms with van der Waals surface area (Å²) in [5, 5.41) is 26.9. The highest BCUT2D eigenvalue weighted by atomic mass is 19.1. The van der Waals surface area contributed by atoms with Gasteiger partial charge in [-0.25, -0.2) is 14.5 Å². The van der Waals surface area contributed by atoms with Crippen molar-refractivity contribution >= 4 is 28.2 Å². The summed E-state index contributed by atoms with van der Waals surface area (Å²) >= 11 is 0. The van der Waals surface area contributed by atoms with Gasteiger partial charge < -0.3 is 19.8 Å². The van der Waals surface area contributed by atoms with E-state index in [1.165, 1.54) is 12.3 Å². The Hall–Kier alpha value is -4.82. The average molecular weight is 580 g/mol. The average Bonchev–Trinajstić information content (AvgIpc) is 3.00. The number of aliphatic hydroxyl groups excluding tert-OH is 1. The van der Waals surface area contributed by atoms with Crippen LogP contribution in [-0.2, 0) is 6.42 Å². The zero-order valence-corrected chi connectivity index (χ0v) is 23.5. The van der Waals surface area contributed by atoms with Crippen LogP contribution >= 0.6 is 0 Å². The van der Waals surface area contributed by atoms with Crippen LogP contribution in [0.1, 0.15) is 40.0 Å². The lowest BCUT2D eigenvalue weighted by molar-refractivity contribution is -0.0491. The highest BCUT2D eigenvalue weighted by Gasteiger charge is 2.51. The summed E-state index contributed by atoms with van der Waals surface area (Å²) in [5.74, 6) is -0.223. The Labute approximate surface area is 247 Å². The molecule has 1 spiro atoms. The van der Waals surface area contributed by atoms with Crippen molar-refractivity contribution in [3.05, 3.63) is 93.3 Å². The van der Waals surface area contributed by atoms with Gasteiger partial charge in [-0.15, -0.1) is 0 Å². The second kappa shape index (κ2) is 10.5. The van der Waals surface area contributed by atoms with Crippen molar-refractivity contribution in [2.24, 2.45) is 5.41 Å². The predicted octanol–water partition coefficient (Wildman–Crippen LogP) is 2.84. The molecule has 0 unspecified atom stereocenters. The first kappa shape index (κ1) is 27.0. The van der Waals surface area contributed by atoms with Gasteiger partial charge in [0.05, 0.1) is 28.3 Å². The molecule has 0 radical (unpaired) electrons. The van der Waals surface area contributed by atoms with Crippen LogP contribution < -0.4 is 15.4 Å². The van der Waals surface area contributed by atoms with Crippen molar-refractivity contribution in [1.29, 1.82) is 5.26 Å². The number of nitrogens with one attached hydrogen (secondary N) is 1. The third-order valence-corrected chi connectivity index (χ3v) is 9.01. The Morgan fingerprint density at radius 1 is 1.05 bits per heavy atom. The number of rotatable bonds is 5. The lowest BCUT2D eigenvalue weighted by Gasteiger charge is -2.58. The van der Waals surface area contributed by atoms with Gasteiger partial charge in [-0.1, -0.05) is 6.07 Å². The topological polar surface area (TPSA) is 129 Å². The van der Waals surface area contributed by atoms with Crippen molar-refractivity contribution in [1.82, 2.24) is 20.1 Å².